The Labute approximate surface area is 399 Å². The second-order valence-electron chi connectivity index (χ2n) is 17.5. The number of aromatic nitrogens is 4. The summed E-state index contributed by atoms with van der Waals surface area (Å²) >= 11 is 1.55. The number of hydrogen-bond donors (Lipinski definition) is 6. The highest BCUT2D eigenvalue weighted by molar-refractivity contribution is 7.93. The van der Waals surface area contributed by atoms with E-state index in [0.717, 1.165) is 39.9 Å². The number of sulfonamides is 1. The number of thiazole rings is 1. The van der Waals surface area contributed by atoms with Gasteiger partial charge >= 0.3 is 11.7 Å². The maximum Gasteiger partial charge on any atom is 0.355 e. The number of unbranched alkanes of at least 4 members (excludes halogenated alkanes) is 1. The number of aryl methyl sites for hydroxylation is 1. The number of nitrogens with zero attached hydrogens (tertiary/aromatic N) is 4. The average molecular weight is 996 g/mol. The smallest absolute Gasteiger partial charge is 0.355 e. The summed E-state index contributed by atoms with van der Waals surface area (Å²) < 4.78 is 70.0. The molecule has 5 aromatic rings. The first kappa shape index (κ1) is 51.7. The maximum atomic E-state index is 14.7. The zero-order chi connectivity index (χ0) is 50.2. The lowest BCUT2D eigenvalue weighted by Gasteiger charge is -2.35. The third-order valence-electron chi connectivity index (χ3n) is 11.4. The summed E-state index contributed by atoms with van der Waals surface area (Å²) in [5, 5.41) is 22.8. The fraction of sp³-hybridized carbons (Fsp3) is 0.391. The minimum Gasteiger partial charge on any atom is -0.462 e. The Morgan fingerprint density at radius 2 is 1.74 bits per heavy atom. The first-order valence-electron chi connectivity index (χ1n) is 21.8. The Morgan fingerprint density at radius 3 is 2.36 bits per heavy atom. The number of nitrogens with two attached hydrogens (primary N) is 1. The van der Waals surface area contributed by atoms with Gasteiger partial charge in [0.05, 0.1) is 45.7 Å². The molecule has 1 aliphatic rings. The number of Topliss-reactive ketones (excluding diaryl/α,β-unsaturated/α-hetero) is 1. The second kappa shape index (κ2) is 22.1. The van der Waals surface area contributed by atoms with Gasteiger partial charge in [-0.25, -0.2) is 27.6 Å². The molecule has 0 unspecified atom stereocenters. The molecule has 0 bridgehead atoms. The van der Waals surface area contributed by atoms with Crippen LogP contribution in [-0.4, -0.2) is 99.1 Å². The molecular weight excluding hydrogens is 944 g/mol. The van der Waals surface area contributed by atoms with Crippen molar-refractivity contribution in [3.8, 4) is 21.7 Å². The summed E-state index contributed by atoms with van der Waals surface area (Å²) in [7, 11) is -5.14. The largest absolute Gasteiger partial charge is 0.462 e. The van der Waals surface area contributed by atoms with Crippen molar-refractivity contribution in [1.29, 1.82) is 0 Å². The van der Waals surface area contributed by atoms with Crippen molar-refractivity contribution in [3.63, 3.8) is 0 Å². The van der Waals surface area contributed by atoms with Crippen LogP contribution in [0.4, 0.5) is 30.5 Å². The number of amides is 3. The molecular formula is C46H52F3N9O9S2. The summed E-state index contributed by atoms with van der Waals surface area (Å²) in [5.74, 6) is -8.06. The molecule has 3 atom stereocenters. The van der Waals surface area contributed by atoms with Crippen LogP contribution in [0.5, 0.6) is 0 Å². The lowest BCUT2D eigenvalue weighted by atomic mass is 9.76. The number of esters is 1. The molecule has 1 aliphatic heterocycles. The number of halogens is 3. The summed E-state index contributed by atoms with van der Waals surface area (Å²) in [6, 6.07) is 12.5. The van der Waals surface area contributed by atoms with E-state index in [0.29, 0.717) is 12.8 Å². The molecule has 69 heavy (non-hydrogen) atoms. The van der Waals surface area contributed by atoms with Gasteiger partial charge in [0.15, 0.2) is 5.82 Å². The van der Waals surface area contributed by atoms with E-state index in [4.69, 9.17) is 10.5 Å². The maximum absolute atomic E-state index is 14.7. The van der Waals surface area contributed by atoms with Crippen molar-refractivity contribution in [1.82, 2.24) is 30.4 Å². The number of pyridine rings is 1. The van der Waals surface area contributed by atoms with Crippen LogP contribution in [0.15, 0.2) is 66.3 Å². The molecule has 1 saturated heterocycles. The molecule has 0 aliphatic carbocycles. The van der Waals surface area contributed by atoms with Crippen molar-refractivity contribution in [2.24, 2.45) is 17.1 Å². The zero-order valence-corrected chi connectivity index (χ0v) is 39.7. The molecule has 7 N–H and O–H groups in total. The Balaban J connectivity index is 0.941. The van der Waals surface area contributed by atoms with E-state index in [9.17, 15) is 50.7 Å². The average Bonchev–Trinajstić information content (AvgIpc) is 4.04. The van der Waals surface area contributed by atoms with E-state index >= 15 is 0 Å². The first-order valence-corrected chi connectivity index (χ1v) is 24.2. The predicted octanol–water partition coefficient (Wildman–Crippen LogP) is 6.47. The van der Waals surface area contributed by atoms with Gasteiger partial charge < -0.3 is 31.1 Å². The fourth-order valence-electron chi connectivity index (χ4n) is 7.74. The number of carbonyl (C=O) groups is 5. The number of alkyl halides is 2. The molecule has 2 aromatic carbocycles. The molecule has 0 saturated carbocycles. The van der Waals surface area contributed by atoms with Crippen molar-refractivity contribution in [2.45, 2.75) is 90.7 Å². The molecule has 6 rings (SSSR count). The van der Waals surface area contributed by atoms with E-state index in [1.54, 1.807) is 16.8 Å². The molecule has 368 valence electrons. The number of H-pyrrole nitrogens is 1. The number of hydrogen-bond acceptors (Lipinski definition) is 14. The van der Waals surface area contributed by atoms with E-state index in [1.165, 1.54) is 28.0 Å². The number of benzene rings is 2. The Hall–Kier alpha value is -6.72. The third-order valence-corrected chi connectivity index (χ3v) is 13.4. The number of aliphatic hydroxyl groups is 1. The number of carbonyl (C=O) groups excluding carboxylic acids is 5. The monoisotopic (exact) mass is 995 g/mol. The lowest BCUT2D eigenvalue weighted by Crippen LogP contribution is -2.49. The van der Waals surface area contributed by atoms with Crippen LogP contribution in [0.1, 0.15) is 91.3 Å². The minimum absolute atomic E-state index is 0.00547. The predicted molar refractivity (Wildman–Crippen MR) is 250 cm³/mol. The van der Waals surface area contributed by atoms with Crippen LogP contribution >= 0.6 is 11.3 Å². The Bertz CT molecular complexity index is 2780. The number of β-amino-alcohol motifs (C(OH)–C–C–N with tert-alkyl or cyclic N) is 1. The van der Waals surface area contributed by atoms with Crippen molar-refractivity contribution < 1.29 is 55.4 Å². The summed E-state index contributed by atoms with van der Waals surface area (Å²) in [6.45, 7) is 7.91. The molecule has 1 fully saturated rings. The molecule has 0 radical (unpaired) electrons. The van der Waals surface area contributed by atoms with Crippen molar-refractivity contribution >= 4 is 68.2 Å². The van der Waals surface area contributed by atoms with Gasteiger partial charge in [-0.15, -0.1) is 11.3 Å². The van der Waals surface area contributed by atoms with Crippen LogP contribution in [0.3, 0.4) is 0 Å². The summed E-state index contributed by atoms with van der Waals surface area (Å²) in [5.41, 5.74) is 8.66. The highest BCUT2D eigenvalue weighted by Crippen LogP contribution is 2.35. The standard InChI is InChI=1S/C46H52F3N9O9S2/c1-25-39(68-24-53-25)27-10-8-26(9-11-27)21-52-42(62)35-20-31(60)23-58(35)43(63)32(46(2,3)4)15-14-30(59)7-5-6-18-67-44(64)29-13-17-36(51-22-29)54-41-37(40(50)61)38(55-56-41)28-12-16-34(33(47)19-28)57-69(65,66)45(48)49/h8-13,16-17,19,22,24,31-32,35,45,57,60H,5-7,14-15,18,20-21,23H2,1-4H3,(H2,50,61)(H,52,62)(H2,51,54,55,56)/t31-,32-,35+/m1/s1. The number of ether oxygens (including phenoxy) is 1. The van der Waals surface area contributed by atoms with Gasteiger partial charge in [-0.3, -0.25) is 29.0 Å². The SMILES string of the molecule is Cc1ncsc1-c1ccc(CNC(=O)[C@@H]2C[C@@H](O)CN2C(=O)[C@@H](CCC(=O)CCCCOC(=O)c2ccc(Nc3n[nH]c(-c4ccc(NS(=O)(=O)C(F)F)c(F)c4)c3C(N)=O)nc2)C(C)(C)C)cc1. The number of primary amides is 1. The van der Waals surface area contributed by atoms with E-state index in [2.05, 4.69) is 30.8 Å². The number of rotatable bonds is 21. The quantitative estimate of drug-likeness (QED) is 0.0341. The number of ketones is 1. The Morgan fingerprint density at radius 1 is 1.01 bits per heavy atom. The highest BCUT2D eigenvalue weighted by atomic mass is 32.2. The molecule has 4 heterocycles. The van der Waals surface area contributed by atoms with Gasteiger partial charge in [0.1, 0.15) is 29.0 Å². The number of anilines is 3. The molecule has 3 amide bonds. The van der Waals surface area contributed by atoms with Crippen molar-refractivity contribution in [3.05, 3.63) is 94.5 Å². The molecule has 0 spiro atoms. The van der Waals surface area contributed by atoms with Gasteiger partial charge in [0.25, 0.3) is 15.9 Å². The lowest BCUT2D eigenvalue weighted by molar-refractivity contribution is -0.145. The zero-order valence-electron chi connectivity index (χ0n) is 38.1. The van der Waals surface area contributed by atoms with Crippen LogP contribution in [0.2, 0.25) is 0 Å². The van der Waals surface area contributed by atoms with Crippen molar-refractivity contribution in [2.75, 3.05) is 23.2 Å². The van der Waals surface area contributed by atoms with Gasteiger partial charge in [-0.05, 0) is 67.0 Å². The van der Waals surface area contributed by atoms with Crippen LogP contribution in [0, 0.1) is 24.1 Å². The van der Waals surface area contributed by atoms with Crippen LogP contribution < -0.4 is 21.1 Å². The van der Waals surface area contributed by atoms with Gasteiger partial charge in [-0.2, -0.15) is 13.9 Å². The number of likely N-dealkylation sites (tertiary alicyclic amines) is 1. The van der Waals surface area contributed by atoms with Gasteiger partial charge in [0, 0.05) is 50.0 Å². The number of nitrogens with one attached hydrogen (secondary N) is 4. The highest BCUT2D eigenvalue weighted by Gasteiger charge is 2.44. The number of aliphatic hydroxyl groups excluding tert-OH is 1. The molecule has 3 aromatic heterocycles. The molecule has 18 nitrogen and oxygen atoms in total. The second-order valence-corrected chi connectivity index (χ2v) is 20.0. The van der Waals surface area contributed by atoms with Crippen LogP contribution in [0.25, 0.3) is 21.7 Å². The topological polar surface area (TPSA) is 269 Å². The molecule has 23 heteroatoms. The fourth-order valence-corrected chi connectivity index (χ4v) is 9.11. The van der Waals surface area contributed by atoms with Gasteiger partial charge in [0.2, 0.25) is 11.8 Å². The van der Waals surface area contributed by atoms with Gasteiger partial charge in [-0.1, -0.05) is 51.1 Å². The first-order chi connectivity index (χ1) is 32.6. The van der Waals surface area contributed by atoms with E-state index in [-0.39, 0.29) is 97.0 Å². The number of aromatic amines is 1. The Kier molecular flexibility index (Phi) is 16.6. The van der Waals surface area contributed by atoms with E-state index < -0.39 is 62.6 Å². The summed E-state index contributed by atoms with van der Waals surface area (Å²) in [6.07, 6.45) is 1.79. The normalized spacial score (nSPS) is 15.5. The minimum atomic E-state index is -5.14. The third kappa shape index (κ3) is 13.1. The van der Waals surface area contributed by atoms with E-state index in [1.807, 2.05) is 52.0 Å². The van der Waals surface area contributed by atoms with Crippen LogP contribution in [-0.2, 0) is 35.7 Å². The summed E-state index contributed by atoms with van der Waals surface area (Å²) in [4.78, 5) is 76.6.